The van der Waals surface area contributed by atoms with E-state index in [0.29, 0.717) is 38.2 Å². The van der Waals surface area contributed by atoms with Gasteiger partial charge in [0.15, 0.2) is 0 Å². The van der Waals surface area contributed by atoms with Crippen LogP contribution in [-0.2, 0) is 24.8 Å². The van der Waals surface area contributed by atoms with Gasteiger partial charge in [0.05, 0.1) is 28.5 Å². The highest BCUT2D eigenvalue weighted by Crippen LogP contribution is 2.31. The first kappa shape index (κ1) is 25.6. The van der Waals surface area contributed by atoms with Crippen molar-refractivity contribution in [1.82, 2.24) is 8.61 Å². The summed E-state index contributed by atoms with van der Waals surface area (Å²) in [5.41, 5.74) is 1.21. The molecule has 2 fully saturated rings. The molecular weight excluding hydrogens is 490 g/mol. The Kier molecular flexibility index (Phi) is 7.51. The van der Waals surface area contributed by atoms with Crippen LogP contribution in [0.3, 0.4) is 0 Å². The Labute approximate surface area is 207 Å². The molecule has 2 aromatic carbocycles. The number of rotatable bonds is 7. The van der Waals surface area contributed by atoms with Crippen molar-refractivity contribution >= 4 is 31.6 Å². The average Bonchev–Trinajstić information content (AvgIpc) is 3.40. The second kappa shape index (κ2) is 10.3. The molecular formula is C24H31N3O6S2. The van der Waals surface area contributed by atoms with Gasteiger partial charge in [-0.2, -0.15) is 8.61 Å². The number of benzene rings is 2. The van der Waals surface area contributed by atoms with Crippen LogP contribution in [-0.4, -0.2) is 64.6 Å². The van der Waals surface area contributed by atoms with Gasteiger partial charge in [-0.3, -0.25) is 4.79 Å². The number of nitrogens with one attached hydrogen (secondary N) is 1. The van der Waals surface area contributed by atoms with Crippen molar-refractivity contribution in [2.24, 2.45) is 5.92 Å². The maximum absolute atomic E-state index is 13.2. The molecule has 2 aliphatic rings. The van der Waals surface area contributed by atoms with Crippen LogP contribution < -0.4 is 10.1 Å². The van der Waals surface area contributed by atoms with E-state index in [9.17, 15) is 21.6 Å². The molecule has 2 aromatic rings. The van der Waals surface area contributed by atoms with E-state index in [4.69, 9.17) is 4.74 Å². The lowest BCUT2D eigenvalue weighted by Crippen LogP contribution is -2.43. The summed E-state index contributed by atoms with van der Waals surface area (Å²) in [7, 11) is -5.95. The van der Waals surface area contributed by atoms with E-state index in [-0.39, 0.29) is 27.9 Å². The van der Waals surface area contributed by atoms with E-state index in [2.05, 4.69) is 5.32 Å². The molecule has 0 saturated carbocycles. The van der Waals surface area contributed by atoms with Crippen LogP contribution in [0.2, 0.25) is 0 Å². The molecule has 1 amide bonds. The first-order chi connectivity index (χ1) is 16.6. The van der Waals surface area contributed by atoms with Crippen LogP contribution in [0.4, 0.5) is 5.69 Å². The zero-order chi connectivity index (χ0) is 25.2. The van der Waals surface area contributed by atoms with Crippen LogP contribution in [0.5, 0.6) is 5.75 Å². The number of hydrogen-bond donors (Lipinski definition) is 1. The lowest BCUT2D eigenvalue weighted by Gasteiger charge is -2.31. The molecule has 0 aromatic heterocycles. The molecule has 4 rings (SSSR count). The monoisotopic (exact) mass is 521 g/mol. The highest BCUT2D eigenvalue weighted by Gasteiger charge is 2.34. The number of amides is 1. The molecule has 0 bridgehead atoms. The number of hydrogen-bond acceptors (Lipinski definition) is 6. The zero-order valence-corrected chi connectivity index (χ0v) is 21.6. The number of anilines is 1. The summed E-state index contributed by atoms with van der Waals surface area (Å²) in [5.74, 6) is -0.617. The molecule has 35 heavy (non-hydrogen) atoms. The number of sulfonamides is 2. The summed E-state index contributed by atoms with van der Waals surface area (Å²) in [4.78, 5) is 13.4. The fourth-order valence-electron chi connectivity index (χ4n) is 4.49. The molecule has 0 aliphatic carbocycles. The van der Waals surface area contributed by atoms with Gasteiger partial charge >= 0.3 is 0 Å². The number of piperidine rings is 1. The quantitative estimate of drug-likeness (QED) is 0.600. The lowest BCUT2D eigenvalue weighted by atomic mass is 9.98. The molecule has 2 aliphatic heterocycles. The Bertz CT molecular complexity index is 1290. The predicted molar refractivity (Wildman–Crippen MR) is 132 cm³/mol. The normalized spacial score (nSPS) is 20.0. The average molecular weight is 522 g/mol. The third-order valence-electron chi connectivity index (χ3n) is 6.55. The SMILES string of the molecule is COc1ccc(S(=O)(=O)N2CCCC2)cc1NC(=O)[C@H]1CCCN(S(=O)(=O)c2ccc(C)cc2)C1. The van der Waals surface area contributed by atoms with E-state index in [1.807, 2.05) is 6.92 Å². The minimum Gasteiger partial charge on any atom is -0.495 e. The maximum atomic E-state index is 13.2. The second-order valence-electron chi connectivity index (χ2n) is 8.98. The number of carbonyl (C=O) groups excluding carboxylic acids is 1. The highest BCUT2D eigenvalue weighted by atomic mass is 32.2. The largest absolute Gasteiger partial charge is 0.495 e. The Balaban J connectivity index is 1.52. The zero-order valence-electron chi connectivity index (χ0n) is 19.9. The summed E-state index contributed by atoms with van der Waals surface area (Å²) < 4.78 is 60.3. The highest BCUT2D eigenvalue weighted by molar-refractivity contribution is 7.89. The van der Waals surface area contributed by atoms with Gasteiger partial charge < -0.3 is 10.1 Å². The van der Waals surface area contributed by atoms with Gasteiger partial charge in [-0.15, -0.1) is 0 Å². The first-order valence-corrected chi connectivity index (χ1v) is 14.6. The number of carbonyl (C=O) groups is 1. The Morgan fingerprint density at radius 2 is 1.49 bits per heavy atom. The summed E-state index contributed by atoms with van der Waals surface area (Å²) in [5, 5.41) is 2.79. The van der Waals surface area contributed by atoms with Gasteiger partial charge in [0.1, 0.15) is 5.75 Å². The Morgan fingerprint density at radius 1 is 0.886 bits per heavy atom. The van der Waals surface area contributed by atoms with Crippen LogP contribution in [0, 0.1) is 12.8 Å². The number of aryl methyl sites for hydroxylation is 1. The van der Waals surface area contributed by atoms with Crippen molar-refractivity contribution in [3.63, 3.8) is 0 Å². The van der Waals surface area contributed by atoms with E-state index < -0.39 is 26.0 Å². The smallest absolute Gasteiger partial charge is 0.243 e. The van der Waals surface area contributed by atoms with Crippen LogP contribution >= 0.6 is 0 Å². The van der Waals surface area contributed by atoms with Crippen molar-refractivity contribution in [2.45, 2.75) is 42.4 Å². The number of ether oxygens (including phenoxy) is 1. The van der Waals surface area contributed by atoms with Gasteiger partial charge in [0.2, 0.25) is 26.0 Å². The molecule has 0 radical (unpaired) electrons. The molecule has 11 heteroatoms. The van der Waals surface area contributed by atoms with Gasteiger partial charge in [-0.1, -0.05) is 17.7 Å². The Hall–Kier alpha value is -2.47. The predicted octanol–water partition coefficient (Wildman–Crippen LogP) is 2.83. The topological polar surface area (TPSA) is 113 Å². The van der Waals surface area contributed by atoms with E-state index >= 15 is 0 Å². The molecule has 190 valence electrons. The van der Waals surface area contributed by atoms with E-state index in [0.717, 1.165) is 18.4 Å². The van der Waals surface area contributed by atoms with Crippen LogP contribution in [0.1, 0.15) is 31.2 Å². The van der Waals surface area contributed by atoms with Gasteiger partial charge in [0, 0.05) is 26.2 Å². The second-order valence-corrected chi connectivity index (χ2v) is 12.9. The molecule has 1 N–H and O–H groups in total. The summed E-state index contributed by atoms with van der Waals surface area (Å²) in [6, 6.07) is 11.0. The van der Waals surface area contributed by atoms with Crippen molar-refractivity contribution in [2.75, 3.05) is 38.6 Å². The molecule has 0 unspecified atom stereocenters. The fourth-order valence-corrected chi connectivity index (χ4v) is 7.56. The van der Waals surface area contributed by atoms with E-state index in [1.165, 1.54) is 33.9 Å². The van der Waals surface area contributed by atoms with Crippen molar-refractivity contribution in [3.05, 3.63) is 48.0 Å². The summed E-state index contributed by atoms with van der Waals surface area (Å²) in [6.45, 7) is 3.23. The van der Waals surface area contributed by atoms with Crippen LogP contribution in [0.15, 0.2) is 52.3 Å². The molecule has 2 saturated heterocycles. The number of nitrogens with zero attached hydrogens (tertiary/aromatic N) is 2. The molecule has 9 nitrogen and oxygen atoms in total. The third-order valence-corrected chi connectivity index (χ3v) is 10.3. The molecule has 1 atom stereocenters. The summed E-state index contributed by atoms with van der Waals surface area (Å²) in [6.07, 6.45) is 2.72. The van der Waals surface area contributed by atoms with Crippen LogP contribution in [0.25, 0.3) is 0 Å². The molecule has 0 spiro atoms. The van der Waals surface area contributed by atoms with Crippen molar-refractivity contribution < 1.29 is 26.4 Å². The van der Waals surface area contributed by atoms with Crippen molar-refractivity contribution in [1.29, 1.82) is 0 Å². The maximum Gasteiger partial charge on any atom is 0.243 e. The minimum atomic E-state index is -3.72. The van der Waals surface area contributed by atoms with Gasteiger partial charge in [-0.25, -0.2) is 16.8 Å². The van der Waals surface area contributed by atoms with Gasteiger partial charge in [-0.05, 0) is 62.9 Å². The lowest BCUT2D eigenvalue weighted by molar-refractivity contribution is -0.120. The molecule has 2 heterocycles. The van der Waals surface area contributed by atoms with Gasteiger partial charge in [0.25, 0.3) is 0 Å². The number of methoxy groups -OCH3 is 1. The standard InChI is InChI=1S/C24H31N3O6S2/c1-18-7-9-20(10-8-18)34(29,30)27-15-5-6-19(17-27)24(28)25-22-16-21(11-12-23(22)33-2)35(31,32)26-13-3-4-14-26/h7-12,16,19H,3-6,13-15,17H2,1-2H3,(H,25,28)/t19-/m0/s1. The third kappa shape index (κ3) is 5.37. The fraction of sp³-hybridized carbons (Fsp3) is 0.458. The Morgan fingerprint density at radius 3 is 2.14 bits per heavy atom. The van der Waals surface area contributed by atoms with Crippen molar-refractivity contribution in [3.8, 4) is 5.75 Å². The minimum absolute atomic E-state index is 0.0517. The summed E-state index contributed by atoms with van der Waals surface area (Å²) >= 11 is 0. The first-order valence-electron chi connectivity index (χ1n) is 11.7. The van der Waals surface area contributed by atoms with E-state index in [1.54, 1.807) is 24.3 Å².